The van der Waals surface area contributed by atoms with Crippen LogP contribution >= 0.6 is 11.3 Å². The third kappa shape index (κ3) is 2.17. The van der Waals surface area contributed by atoms with Crippen LogP contribution in [-0.2, 0) is 6.54 Å². The molecule has 1 saturated heterocycles. The van der Waals surface area contributed by atoms with Gasteiger partial charge in [0.05, 0.1) is 30.8 Å². The summed E-state index contributed by atoms with van der Waals surface area (Å²) >= 11 is 1.80. The standard InChI is InChI=1S/C15H17N5OS/c21-7-6-20-15-11(9-18-20)14(16-10-17-15)19-5-1-3-12(19)13-4-2-8-22-13/h2,4,8-10,12,21H,1,3,5-7H2/t12-/m0/s1. The highest BCUT2D eigenvalue weighted by Crippen LogP contribution is 2.39. The van der Waals surface area contributed by atoms with E-state index in [9.17, 15) is 0 Å². The normalized spacial score (nSPS) is 18.4. The zero-order valence-corrected chi connectivity index (χ0v) is 12.9. The van der Waals surface area contributed by atoms with E-state index in [0.717, 1.165) is 29.8 Å². The summed E-state index contributed by atoms with van der Waals surface area (Å²) in [5.74, 6) is 0.949. The second-order valence-corrected chi connectivity index (χ2v) is 6.37. The van der Waals surface area contributed by atoms with Crippen LogP contribution in [0.15, 0.2) is 30.0 Å². The molecule has 1 aliphatic heterocycles. The smallest absolute Gasteiger partial charge is 0.163 e. The molecule has 1 atom stereocenters. The molecule has 0 unspecified atom stereocenters. The maximum atomic E-state index is 9.13. The van der Waals surface area contributed by atoms with E-state index in [0.29, 0.717) is 12.6 Å². The van der Waals surface area contributed by atoms with E-state index in [1.165, 1.54) is 11.3 Å². The summed E-state index contributed by atoms with van der Waals surface area (Å²) in [6.45, 7) is 1.51. The van der Waals surface area contributed by atoms with Crippen LogP contribution in [0.1, 0.15) is 23.8 Å². The minimum Gasteiger partial charge on any atom is -0.394 e. The number of hydrogen-bond donors (Lipinski definition) is 1. The van der Waals surface area contributed by atoms with Gasteiger partial charge in [-0.1, -0.05) is 6.07 Å². The number of aliphatic hydroxyl groups is 1. The fraction of sp³-hybridized carbons (Fsp3) is 0.400. The minimum absolute atomic E-state index is 0.0532. The largest absolute Gasteiger partial charge is 0.394 e. The quantitative estimate of drug-likeness (QED) is 0.799. The summed E-state index contributed by atoms with van der Waals surface area (Å²) in [6, 6.07) is 4.69. The number of aromatic nitrogens is 4. The van der Waals surface area contributed by atoms with Crippen molar-refractivity contribution in [3.8, 4) is 0 Å². The molecule has 0 spiro atoms. The minimum atomic E-state index is 0.0532. The van der Waals surface area contributed by atoms with Crippen LogP contribution in [-0.4, -0.2) is 38.0 Å². The number of thiophene rings is 1. The molecule has 3 aromatic heterocycles. The molecule has 0 amide bonds. The molecule has 22 heavy (non-hydrogen) atoms. The summed E-state index contributed by atoms with van der Waals surface area (Å²) in [6.07, 6.45) is 5.72. The second-order valence-electron chi connectivity index (χ2n) is 5.39. The maximum absolute atomic E-state index is 9.13. The lowest BCUT2D eigenvalue weighted by Gasteiger charge is -2.25. The zero-order chi connectivity index (χ0) is 14.9. The highest BCUT2D eigenvalue weighted by Gasteiger charge is 2.29. The molecular weight excluding hydrogens is 298 g/mol. The van der Waals surface area contributed by atoms with Gasteiger partial charge >= 0.3 is 0 Å². The van der Waals surface area contributed by atoms with Crippen LogP contribution in [0, 0.1) is 0 Å². The topological polar surface area (TPSA) is 67.1 Å². The van der Waals surface area contributed by atoms with Crippen molar-refractivity contribution in [3.05, 3.63) is 34.9 Å². The van der Waals surface area contributed by atoms with Gasteiger partial charge in [-0.2, -0.15) is 5.10 Å². The van der Waals surface area contributed by atoms with Crippen LogP contribution < -0.4 is 4.90 Å². The van der Waals surface area contributed by atoms with E-state index >= 15 is 0 Å². The number of fused-ring (bicyclic) bond motifs is 1. The predicted octanol–water partition coefficient (Wildman–Crippen LogP) is 2.22. The Bertz CT molecular complexity index is 769. The molecule has 0 aliphatic carbocycles. The first-order chi connectivity index (χ1) is 10.9. The molecule has 114 valence electrons. The van der Waals surface area contributed by atoms with Gasteiger partial charge in [0, 0.05) is 11.4 Å². The number of hydrogen-bond acceptors (Lipinski definition) is 6. The third-order valence-corrected chi connectivity index (χ3v) is 5.09. The van der Waals surface area contributed by atoms with Gasteiger partial charge in [-0.25, -0.2) is 14.6 Å². The fourth-order valence-electron chi connectivity index (χ4n) is 3.16. The summed E-state index contributed by atoms with van der Waals surface area (Å²) in [7, 11) is 0. The predicted molar refractivity (Wildman–Crippen MR) is 86.0 cm³/mol. The Hall–Kier alpha value is -1.99. The molecule has 7 heteroatoms. The summed E-state index contributed by atoms with van der Waals surface area (Å²) in [4.78, 5) is 12.6. The van der Waals surface area contributed by atoms with Crippen molar-refractivity contribution in [2.45, 2.75) is 25.4 Å². The first-order valence-corrected chi connectivity index (χ1v) is 8.34. The van der Waals surface area contributed by atoms with Gasteiger partial charge in [-0.3, -0.25) is 0 Å². The van der Waals surface area contributed by atoms with E-state index in [1.807, 2.05) is 6.20 Å². The average Bonchev–Trinajstić information content (AvgIpc) is 3.27. The Morgan fingerprint density at radius 1 is 1.36 bits per heavy atom. The molecule has 0 aromatic carbocycles. The third-order valence-electron chi connectivity index (χ3n) is 4.12. The first-order valence-electron chi connectivity index (χ1n) is 7.46. The van der Waals surface area contributed by atoms with Crippen molar-refractivity contribution in [1.82, 2.24) is 19.7 Å². The molecule has 3 aromatic rings. The Morgan fingerprint density at radius 3 is 3.14 bits per heavy atom. The van der Waals surface area contributed by atoms with Crippen molar-refractivity contribution in [2.75, 3.05) is 18.1 Å². The molecule has 0 radical (unpaired) electrons. The van der Waals surface area contributed by atoms with Gasteiger partial charge in [-0.05, 0) is 24.3 Å². The lowest BCUT2D eigenvalue weighted by Crippen LogP contribution is -2.23. The van der Waals surface area contributed by atoms with Crippen molar-refractivity contribution in [1.29, 1.82) is 0 Å². The maximum Gasteiger partial charge on any atom is 0.163 e. The number of anilines is 1. The van der Waals surface area contributed by atoms with E-state index in [1.54, 1.807) is 22.3 Å². The van der Waals surface area contributed by atoms with Crippen molar-refractivity contribution in [2.24, 2.45) is 0 Å². The molecule has 4 rings (SSSR count). The molecule has 4 heterocycles. The van der Waals surface area contributed by atoms with Gasteiger partial charge in [0.1, 0.15) is 12.1 Å². The van der Waals surface area contributed by atoms with Gasteiger partial charge in [0.2, 0.25) is 0 Å². The molecule has 6 nitrogen and oxygen atoms in total. The van der Waals surface area contributed by atoms with Crippen LogP contribution in [0.5, 0.6) is 0 Å². The van der Waals surface area contributed by atoms with Crippen LogP contribution in [0.2, 0.25) is 0 Å². The van der Waals surface area contributed by atoms with Gasteiger partial charge in [0.15, 0.2) is 5.65 Å². The van der Waals surface area contributed by atoms with E-state index in [4.69, 9.17) is 5.11 Å². The van der Waals surface area contributed by atoms with Crippen LogP contribution in [0.3, 0.4) is 0 Å². The van der Waals surface area contributed by atoms with Crippen LogP contribution in [0.25, 0.3) is 11.0 Å². The van der Waals surface area contributed by atoms with Crippen molar-refractivity contribution < 1.29 is 5.11 Å². The highest BCUT2D eigenvalue weighted by molar-refractivity contribution is 7.10. The van der Waals surface area contributed by atoms with Crippen molar-refractivity contribution >= 4 is 28.2 Å². The first kappa shape index (κ1) is 13.7. The number of rotatable bonds is 4. The monoisotopic (exact) mass is 315 g/mol. The molecule has 1 fully saturated rings. The Morgan fingerprint density at radius 2 is 2.32 bits per heavy atom. The lowest BCUT2D eigenvalue weighted by molar-refractivity contribution is 0.271. The number of aliphatic hydroxyl groups excluding tert-OH is 1. The fourth-order valence-corrected chi connectivity index (χ4v) is 4.04. The van der Waals surface area contributed by atoms with Crippen molar-refractivity contribution in [3.63, 3.8) is 0 Å². The molecule has 1 N–H and O–H groups in total. The average molecular weight is 315 g/mol. The van der Waals surface area contributed by atoms with Gasteiger partial charge in [0.25, 0.3) is 0 Å². The molecule has 0 bridgehead atoms. The summed E-state index contributed by atoms with van der Waals surface area (Å²) in [5.41, 5.74) is 0.788. The Kier molecular flexibility index (Phi) is 3.51. The van der Waals surface area contributed by atoms with Gasteiger partial charge in [-0.15, -0.1) is 11.3 Å². The SMILES string of the molecule is OCCn1ncc2c(N3CCC[C@H]3c3cccs3)ncnc21. The molecule has 1 aliphatic rings. The van der Waals surface area contributed by atoms with Crippen LogP contribution in [0.4, 0.5) is 5.82 Å². The van der Waals surface area contributed by atoms with E-state index in [-0.39, 0.29) is 6.61 Å². The highest BCUT2D eigenvalue weighted by atomic mass is 32.1. The van der Waals surface area contributed by atoms with E-state index < -0.39 is 0 Å². The zero-order valence-electron chi connectivity index (χ0n) is 12.1. The number of nitrogens with zero attached hydrogens (tertiary/aromatic N) is 5. The molecular formula is C15H17N5OS. The van der Waals surface area contributed by atoms with Gasteiger partial charge < -0.3 is 10.0 Å². The lowest BCUT2D eigenvalue weighted by atomic mass is 10.2. The Labute approximate surface area is 132 Å². The Balaban J connectivity index is 1.77. The summed E-state index contributed by atoms with van der Waals surface area (Å²) in [5, 5.41) is 16.6. The second kappa shape index (κ2) is 5.66. The summed E-state index contributed by atoms with van der Waals surface area (Å²) < 4.78 is 1.73. The van der Waals surface area contributed by atoms with E-state index in [2.05, 4.69) is 37.5 Å². The molecule has 0 saturated carbocycles.